The van der Waals surface area contributed by atoms with Crippen LogP contribution in [0.25, 0.3) is 0 Å². The summed E-state index contributed by atoms with van der Waals surface area (Å²) >= 11 is 0. The Morgan fingerprint density at radius 1 is 1.06 bits per heavy atom. The Morgan fingerprint density at radius 2 is 1.71 bits per heavy atom. The summed E-state index contributed by atoms with van der Waals surface area (Å²) in [4.78, 5) is 12.6. The van der Waals surface area contributed by atoms with E-state index in [9.17, 15) is 13.2 Å². The van der Waals surface area contributed by atoms with Gasteiger partial charge in [-0.1, -0.05) is 29.8 Å². The molecule has 1 heterocycles. The molecule has 168 valence electrons. The molecular weight excluding hydrogens is 412 g/mol. The Morgan fingerprint density at radius 3 is 2.32 bits per heavy atom. The summed E-state index contributed by atoms with van der Waals surface area (Å²) in [6, 6.07) is 14.9. The molecule has 0 unspecified atom stereocenters. The maximum atomic E-state index is 12.8. The SMILES string of the molecule is CCOc1ccc(CCNC(=O)CC2CCN(S(=O)(=O)c3ccc(C)cc3)CC2)cc1. The predicted octanol–water partition coefficient (Wildman–Crippen LogP) is 3.54. The van der Waals surface area contributed by atoms with Crippen LogP contribution in [0, 0.1) is 12.8 Å². The summed E-state index contributed by atoms with van der Waals surface area (Å²) in [5, 5.41) is 2.99. The third-order valence-electron chi connectivity index (χ3n) is 5.68. The number of ether oxygens (including phenoxy) is 1. The Kier molecular flexibility index (Phi) is 8.09. The van der Waals surface area contributed by atoms with E-state index in [1.54, 1.807) is 12.1 Å². The average molecular weight is 445 g/mol. The molecule has 6 nitrogen and oxygen atoms in total. The average Bonchev–Trinajstić information content (AvgIpc) is 2.76. The quantitative estimate of drug-likeness (QED) is 0.642. The fourth-order valence-corrected chi connectivity index (χ4v) is 5.28. The van der Waals surface area contributed by atoms with Crippen molar-refractivity contribution >= 4 is 15.9 Å². The topological polar surface area (TPSA) is 75.7 Å². The minimum atomic E-state index is -3.46. The molecule has 0 bridgehead atoms. The van der Waals surface area contributed by atoms with E-state index < -0.39 is 10.0 Å². The summed E-state index contributed by atoms with van der Waals surface area (Å²) in [6.07, 6.45) is 2.63. The summed E-state index contributed by atoms with van der Waals surface area (Å²) in [7, 11) is -3.46. The van der Waals surface area contributed by atoms with Crippen LogP contribution < -0.4 is 10.1 Å². The smallest absolute Gasteiger partial charge is 0.243 e. The molecule has 0 saturated carbocycles. The van der Waals surface area contributed by atoms with Gasteiger partial charge in [-0.2, -0.15) is 4.31 Å². The first-order valence-electron chi connectivity index (χ1n) is 10.9. The van der Waals surface area contributed by atoms with Crippen molar-refractivity contribution in [2.24, 2.45) is 5.92 Å². The highest BCUT2D eigenvalue weighted by atomic mass is 32.2. The van der Waals surface area contributed by atoms with E-state index in [4.69, 9.17) is 4.74 Å². The molecule has 1 saturated heterocycles. The third kappa shape index (κ3) is 6.55. The summed E-state index contributed by atoms with van der Waals surface area (Å²) in [5.74, 6) is 1.10. The Balaban J connectivity index is 1.40. The van der Waals surface area contributed by atoms with Crippen molar-refractivity contribution in [1.29, 1.82) is 0 Å². The molecule has 31 heavy (non-hydrogen) atoms. The standard InChI is InChI=1S/C24H32N2O4S/c1-3-30-22-8-6-20(7-9-22)12-15-25-24(27)18-21-13-16-26(17-14-21)31(28,29)23-10-4-19(2)5-11-23/h4-11,21H,3,12-18H2,1-2H3,(H,25,27). The van der Waals surface area contributed by atoms with Gasteiger partial charge in [-0.15, -0.1) is 0 Å². The zero-order valence-electron chi connectivity index (χ0n) is 18.3. The highest BCUT2D eigenvalue weighted by Gasteiger charge is 2.30. The minimum absolute atomic E-state index is 0.0331. The number of benzene rings is 2. The highest BCUT2D eigenvalue weighted by Crippen LogP contribution is 2.25. The van der Waals surface area contributed by atoms with Crippen LogP contribution in [0.15, 0.2) is 53.4 Å². The number of nitrogens with zero attached hydrogens (tertiary/aromatic N) is 1. The van der Waals surface area contributed by atoms with E-state index >= 15 is 0 Å². The highest BCUT2D eigenvalue weighted by molar-refractivity contribution is 7.89. The monoisotopic (exact) mass is 444 g/mol. The van der Waals surface area contributed by atoms with Crippen LogP contribution in [0.3, 0.4) is 0 Å². The molecule has 0 aliphatic carbocycles. The lowest BCUT2D eigenvalue weighted by Crippen LogP contribution is -2.39. The van der Waals surface area contributed by atoms with Gasteiger partial charge in [0.05, 0.1) is 11.5 Å². The van der Waals surface area contributed by atoms with Crippen LogP contribution in [0.5, 0.6) is 5.75 Å². The second-order valence-electron chi connectivity index (χ2n) is 8.04. The van der Waals surface area contributed by atoms with Gasteiger partial charge in [0.25, 0.3) is 0 Å². The molecule has 3 rings (SSSR count). The molecule has 1 amide bonds. The Bertz CT molecular complexity index is 948. The lowest BCUT2D eigenvalue weighted by molar-refractivity contribution is -0.122. The lowest BCUT2D eigenvalue weighted by Gasteiger charge is -2.31. The molecule has 2 aromatic rings. The Hall–Kier alpha value is -2.38. The van der Waals surface area contributed by atoms with Crippen LogP contribution in [0.1, 0.15) is 37.3 Å². The van der Waals surface area contributed by atoms with Crippen LogP contribution in [-0.4, -0.2) is 44.9 Å². The second kappa shape index (κ2) is 10.8. The van der Waals surface area contributed by atoms with Crippen LogP contribution in [0.4, 0.5) is 0 Å². The lowest BCUT2D eigenvalue weighted by atomic mass is 9.94. The summed E-state index contributed by atoms with van der Waals surface area (Å²) in [6.45, 7) is 6.04. The molecule has 0 aromatic heterocycles. The molecule has 1 aliphatic rings. The second-order valence-corrected chi connectivity index (χ2v) is 9.98. The van der Waals surface area contributed by atoms with Crippen molar-refractivity contribution in [3.05, 3.63) is 59.7 Å². The summed E-state index contributed by atoms with van der Waals surface area (Å²) in [5.41, 5.74) is 2.18. The zero-order chi connectivity index (χ0) is 22.3. The van der Waals surface area contributed by atoms with E-state index in [0.717, 1.165) is 23.3 Å². The molecule has 7 heteroatoms. The van der Waals surface area contributed by atoms with Gasteiger partial charge in [0.2, 0.25) is 15.9 Å². The maximum absolute atomic E-state index is 12.8. The molecule has 0 spiro atoms. The number of amides is 1. The third-order valence-corrected chi connectivity index (χ3v) is 7.59. The van der Waals surface area contributed by atoms with Crippen molar-refractivity contribution < 1.29 is 17.9 Å². The maximum Gasteiger partial charge on any atom is 0.243 e. The fraction of sp³-hybridized carbons (Fsp3) is 0.458. The van der Waals surface area contributed by atoms with E-state index in [1.807, 2.05) is 50.2 Å². The number of sulfonamides is 1. The number of nitrogens with one attached hydrogen (secondary N) is 1. The van der Waals surface area contributed by atoms with Gasteiger partial charge in [0.15, 0.2) is 0 Å². The van der Waals surface area contributed by atoms with Gasteiger partial charge < -0.3 is 10.1 Å². The van der Waals surface area contributed by atoms with Crippen molar-refractivity contribution in [2.45, 2.75) is 44.4 Å². The van der Waals surface area contributed by atoms with E-state index in [1.165, 1.54) is 4.31 Å². The van der Waals surface area contributed by atoms with Crippen LogP contribution in [0.2, 0.25) is 0 Å². The number of piperidine rings is 1. The van der Waals surface area contributed by atoms with Gasteiger partial charge in [-0.25, -0.2) is 8.42 Å². The summed E-state index contributed by atoms with van der Waals surface area (Å²) < 4.78 is 32.6. The minimum Gasteiger partial charge on any atom is -0.494 e. The first-order chi connectivity index (χ1) is 14.9. The number of rotatable bonds is 9. The van der Waals surface area contributed by atoms with Crippen molar-refractivity contribution in [3.63, 3.8) is 0 Å². The zero-order valence-corrected chi connectivity index (χ0v) is 19.2. The molecular formula is C24H32N2O4S. The number of hydrogen-bond acceptors (Lipinski definition) is 4. The van der Waals surface area contributed by atoms with Gasteiger partial charge in [-0.3, -0.25) is 4.79 Å². The molecule has 2 aromatic carbocycles. The first-order valence-corrected chi connectivity index (χ1v) is 12.4. The molecule has 0 atom stereocenters. The molecule has 1 fully saturated rings. The molecule has 1 aliphatic heterocycles. The van der Waals surface area contributed by atoms with Crippen molar-refractivity contribution in [3.8, 4) is 5.75 Å². The van der Waals surface area contributed by atoms with Gasteiger partial charge in [-0.05, 0) is 68.9 Å². The largest absolute Gasteiger partial charge is 0.494 e. The Labute approximate surface area is 185 Å². The predicted molar refractivity (Wildman–Crippen MR) is 122 cm³/mol. The normalized spacial score (nSPS) is 15.5. The number of carbonyl (C=O) groups is 1. The van der Waals surface area contributed by atoms with Crippen molar-refractivity contribution in [1.82, 2.24) is 9.62 Å². The van der Waals surface area contributed by atoms with Gasteiger partial charge >= 0.3 is 0 Å². The van der Waals surface area contributed by atoms with Crippen molar-refractivity contribution in [2.75, 3.05) is 26.2 Å². The van der Waals surface area contributed by atoms with Gasteiger partial charge in [0, 0.05) is 26.1 Å². The van der Waals surface area contributed by atoms with Crippen LogP contribution in [-0.2, 0) is 21.2 Å². The molecule has 1 N–H and O–H groups in total. The number of carbonyl (C=O) groups excluding carboxylic acids is 1. The number of aryl methyl sites for hydroxylation is 1. The van der Waals surface area contributed by atoms with E-state index in [2.05, 4.69) is 5.32 Å². The van der Waals surface area contributed by atoms with Gasteiger partial charge in [0.1, 0.15) is 5.75 Å². The fourth-order valence-electron chi connectivity index (χ4n) is 3.81. The van der Waals surface area contributed by atoms with Crippen LogP contribution >= 0.6 is 0 Å². The molecule has 0 radical (unpaired) electrons. The van der Waals surface area contributed by atoms with E-state index in [0.29, 0.717) is 50.4 Å². The first kappa shape index (κ1) is 23.3. The van der Waals surface area contributed by atoms with E-state index in [-0.39, 0.29) is 11.8 Å². The number of hydrogen-bond donors (Lipinski definition) is 1.